The zero-order chi connectivity index (χ0) is 10.7. The molecule has 1 aromatic heterocycles. The molecule has 0 unspecified atom stereocenters. The summed E-state index contributed by atoms with van der Waals surface area (Å²) >= 11 is 5.64. The molecule has 0 aliphatic heterocycles. The molecule has 0 aliphatic rings. The summed E-state index contributed by atoms with van der Waals surface area (Å²) in [5.74, 6) is 0.595. The van der Waals surface area contributed by atoms with Crippen LogP contribution in [0.1, 0.15) is 0 Å². The third kappa shape index (κ3) is 2.57. The van der Waals surface area contributed by atoms with Crippen LogP contribution in [0, 0.1) is 0 Å². The van der Waals surface area contributed by atoms with Gasteiger partial charge in [0, 0.05) is 11.8 Å². The van der Waals surface area contributed by atoms with Gasteiger partial charge in [-0.25, -0.2) is 9.97 Å². The van der Waals surface area contributed by atoms with Gasteiger partial charge in [-0.2, -0.15) is 0 Å². The Labute approximate surface area is 91.7 Å². The number of nitrogens with zero attached hydrogens (tertiary/aromatic N) is 2. The fraction of sp³-hybridized carbons (Fsp3) is 0. The molecule has 0 fully saturated rings. The van der Waals surface area contributed by atoms with E-state index in [1.165, 1.54) is 12.4 Å². The molecular formula is C10H8ClN3O. The number of hydrogen-bond donors (Lipinski definition) is 1. The van der Waals surface area contributed by atoms with Crippen molar-refractivity contribution in [3.63, 3.8) is 0 Å². The van der Waals surface area contributed by atoms with Gasteiger partial charge >= 0.3 is 6.01 Å². The van der Waals surface area contributed by atoms with Gasteiger partial charge in [0.1, 0.15) is 5.75 Å². The molecule has 0 saturated carbocycles. The van der Waals surface area contributed by atoms with Crippen molar-refractivity contribution in [1.29, 1.82) is 0 Å². The molecule has 2 rings (SSSR count). The zero-order valence-corrected chi connectivity index (χ0v) is 8.48. The Kier molecular flexibility index (Phi) is 2.69. The molecule has 0 radical (unpaired) electrons. The number of rotatable bonds is 2. The monoisotopic (exact) mass is 221 g/mol. The van der Waals surface area contributed by atoms with Gasteiger partial charge in [-0.1, -0.05) is 17.7 Å². The van der Waals surface area contributed by atoms with Gasteiger partial charge in [0.15, 0.2) is 0 Å². The minimum Gasteiger partial charge on any atom is -0.424 e. The second-order valence-corrected chi connectivity index (χ2v) is 3.29. The van der Waals surface area contributed by atoms with Crippen molar-refractivity contribution >= 4 is 17.3 Å². The molecule has 0 spiro atoms. The predicted octanol–water partition coefficient (Wildman–Crippen LogP) is 2.50. The Morgan fingerprint density at radius 1 is 1.20 bits per heavy atom. The number of ether oxygens (including phenoxy) is 1. The van der Waals surface area contributed by atoms with E-state index in [-0.39, 0.29) is 6.01 Å². The van der Waals surface area contributed by atoms with E-state index in [9.17, 15) is 0 Å². The number of benzene rings is 1. The van der Waals surface area contributed by atoms with Crippen LogP contribution in [0.3, 0.4) is 0 Å². The zero-order valence-electron chi connectivity index (χ0n) is 7.72. The maximum absolute atomic E-state index is 5.64. The Hall–Kier alpha value is -1.81. The van der Waals surface area contributed by atoms with Crippen LogP contribution in [0.5, 0.6) is 11.8 Å². The van der Waals surface area contributed by atoms with Gasteiger partial charge in [0.2, 0.25) is 0 Å². The topological polar surface area (TPSA) is 61.0 Å². The largest absolute Gasteiger partial charge is 0.424 e. The first-order valence-electron chi connectivity index (χ1n) is 4.25. The summed E-state index contributed by atoms with van der Waals surface area (Å²) in [7, 11) is 0. The van der Waals surface area contributed by atoms with Crippen molar-refractivity contribution in [2.45, 2.75) is 0 Å². The van der Waals surface area contributed by atoms with Crippen molar-refractivity contribution in [1.82, 2.24) is 9.97 Å². The van der Waals surface area contributed by atoms with Crippen LogP contribution in [0.2, 0.25) is 5.02 Å². The molecule has 0 saturated heterocycles. The van der Waals surface area contributed by atoms with Gasteiger partial charge in [-0.15, -0.1) is 0 Å². The van der Waals surface area contributed by atoms with Crippen molar-refractivity contribution in [3.8, 4) is 11.8 Å². The average molecular weight is 222 g/mol. The Bertz CT molecular complexity index is 458. The maximum atomic E-state index is 5.64. The Morgan fingerprint density at radius 3 is 2.60 bits per heavy atom. The third-order valence-corrected chi connectivity index (χ3v) is 1.86. The van der Waals surface area contributed by atoms with E-state index < -0.39 is 0 Å². The summed E-state index contributed by atoms with van der Waals surface area (Å²) in [6, 6.07) is 7.27. The van der Waals surface area contributed by atoms with E-state index in [0.29, 0.717) is 16.5 Å². The molecule has 15 heavy (non-hydrogen) atoms. The normalized spacial score (nSPS) is 9.93. The fourth-order valence-electron chi connectivity index (χ4n) is 1.04. The van der Waals surface area contributed by atoms with Gasteiger partial charge in [0.25, 0.3) is 0 Å². The Morgan fingerprint density at radius 2 is 1.93 bits per heavy atom. The second-order valence-electron chi connectivity index (χ2n) is 2.86. The minimum atomic E-state index is 0.241. The van der Waals surface area contributed by atoms with E-state index >= 15 is 0 Å². The van der Waals surface area contributed by atoms with Gasteiger partial charge in [0.05, 0.1) is 17.4 Å². The highest BCUT2D eigenvalue weighted by Crippen LogP contribution is 2.20. The first-order valence-corrected chi connectivity index (χ1v) is 4.63. The van der Waals surface area contributed by atoms with Crippen LogP contribution in [0.25, 0.3) is 0 Å². The SMILES string of the molecule is Nc1cccc(Oc2ncc(Cl)cn2)c1. The molecule has 1 heterocycles. The lowest BCUT2D eigenvalue weighted by molar-refractivity contribution is 0.442. The summed E-state index contributed by atoms with van der Waals surface area (Å²) in [5.41, 5.74) is 6.22. The highest BCUT2D eigenvalue weighted by molar-refractivity contribution is 6.30. The van der Waals surface area contributed by atoms with Crippen LogP contribution in [0.15, 0.2) is 36.7 Å². The van der Waals surface area contributed by atoms with E-state index in [1.807, 2.05) is 0 Å². The quantitative estimate of drug-likeness (QED) is 0.792. The average Bonchev–Trinajstić information content (AvgIpc) is 2.22. The first kappa shape index (κ1) is 9.73. The number of anilines is 1. The van der Waals surface area contributed by atoms with Gasteiger partial charge in [-0.3, -0.25) is 0 Å². The van der Waals surface area contributed by atoms with Crippen LogP contribution < -0.4 is 10.5 Å². The lowest BCUT2D eigenvalue weighted by atomic mass is 10.3. The van der Waals surface area contributed by atoms with Crippen LogP contribution in [0.4, 0.5) is 5.69 Å². The number of hydrogen-bond acceptors (Lipinski definition) is 4. The molecule has 0 bridgehead atoms. The molecule has 5 heteroatoms. The predicted molar refractivity (Wildman–Crippen MR) is 58.0 cm³/mol. The summed E-state index contributed by atoms with van der Waals surface area (Å²) < 4.78 is 5.35. The molecule has 2 aromatic rings. The maximum Gasteiger partial charge on any atom is 0.321 e. The molecule has 0 atom stereocenters. The number of aromatic nitrogens is 2. The molecule has 0 aliphatic carbocycles. The fourth-order valence-corrected chi connectivity index (χ4v) is 1.13. The first-order chi connectivity index (χ1) is 7.24. The Balaban J connectivity index is 2.18. The van der Waals surface area contributed by atoms with Crippen molar-refractivity contribution in [3.05, 3.63) is 41.7 Å². The molecule has 2 N–H and O–H groups in total. The molecule has 0 amide bonds. The number of halogens is 1. The van der Waals surface area contributed by atoms with Crippen LogP contribution in [-0.2, 0) is 0 Å². The van der Waals surface area contributed by atoms with Gasteiger partial charge < -0.3 is 10.5 Å². The number of nitrogens with two attached hydrogens (primary N) is 1. The van der Waals surface area contributed by atoms with Crippen molar-refractivity contribution in [2.24, 2.45) is 0 Å². The molecular weight excluding hydrogens is 214 g/mol. The summed E-state index contributed by atoms with van der Waals surface area (Å²) in [6.45, 7) is 0. The summed E-state index contributed by atoms with van der Waals surface area (Å²) in [6.07, 6.45) is 2.94. The molecule has 76 valence electrons. The lowest BCUT2D eigenvalue weighted by Gasteiger charge is -2.03. The smallest absolute Gasteiger partial charge is 0.321 e. The standard InChI is InChI=1S/C10H8ClN3O/c11-7-5-13-10(14-6-7)15-9-3-1-2-8(12)4-9/h1-6H,12H2. The van der Waals surface area contributed by atoms with E-state index in [0.717, 1.165) is 0 Å². The van der Waals surface area contributed by atoms with E-state index in [2.05, 4.69) is 9.97 Å². The van der Waals surface area contributed by atoms with Gasteiger partial charge in [-0.05, 0) is 12.1 Å². The van der Waals surface area contributed by atoms with E-state index in [4.69, 9.17) is 22.1 Å². The lowest BCUT2D eigenvalue weighted by Crippen LogP contribution is -1.91. The highest BCUT2D eigenvalue weighted by Gasteiger charge is 1.99. The molecule has 1 aromatic carbocycles. The van der Waals surface area contributed by atoms with Crippen LogP contribution in [-0.4, -0.2) is 9.97 Å². The second kappa shape index (κ2) is 4.14. The van der Waals surface area contributed by atoms with Crippen molar-refractivity contribution in [2.75, 3.05) is 5.73 Å². The summed E-state index contributed by atoms with van der Waals surface area (Å²) in [4.78, 5) is 7.79. The summed E-state index contributed by atoms with van der Waals surface area (Å²) in [5, 5.41) is 0.468. The van der Waals surface area contributed by atoms with Crippen LogP contribution >= 0.6 is 11.6 Å². The van der Waals surface area contributed by atoms with Crippen molar-refractivity contribution < 1.29 is 4.74 Å². The number of nitrogen functional groups attached to an aromatic ring is 1. The molecule has 4 nitrogen and oxygen atoms in total. The highest BCUT2D eigenvalue weighted by atomic mass is 35.5. The minimum absolute atomic E-state index is 0.241. The van der Waals surface area contributed by atoms with E-state index in [1.54, 1.807) is 24.3 Å². The third-order valence-electron chi connectivity index (χ3n) is 1.66.